The standard InChI is InChI=1S/C24H27N3O2/c1-17(2)19-9-15-23(16-10-19)29-18(3)25-24(28)27-22-13-11-21(12-14-22)26-20-7-5-4-6-8-20/h4-18,26H,1-3H3,(H2,25,27,28). The van der Waals surface area contributed by atoms with Crippen LogP contribution in [0.5, 0.6) is 5.75 Å². The summed E-state index contributed by atoms with van der Waals surface area (Å²) in [6, 6.07) is 25.1. The first-order valence-electron chi connectivity index (χ1n) is 9.76. The van der Waals surface area contributed by atoms with E-state index in [1.807, 2.05) is 78.9 Å². The van der Waals surface area contributed by atoms with Gasteiger partial charge < -0.3 is 20.7 Å². The lowest BCUT2D eigenvalue weighted by atomic mass is 10.0. The number of carbonyl (C=O) groups excluding carboxylic acids is 1. The van der Waals surface area contributed by atoms with Crippen LogP contribution in [0.4, 0.5) is 21.9 Å². The van der Waals surface area contributed by atoms with Crippen molar-refractivity contribution in [2.24, 2.45) is 0 Å². The van der Waals surface area contributed by atoms with Crippen LogP contribution in [0, 0.1) is 0 Å². The first-order valence-corrected chi connectivity index (χ1v) is 9.76. The molecule has 3 rings (SSSR count). The van der Waals surface area contributed by atoms with E-state index in [-0.39, 0.29) is 6.03 Å². The molecule has 29 heavy (non-hydrogen) atoms. The molecule has 0 saturated carbocycles. The van der Waals surface area contributed by atoms with Gasteiger partial charge in [0.2, 0.25) is 0 Å². The molecule has 0 aromatic heterocycles. The fourth-order valence-electron chi connectivity index (χ4n) is 2.84. The van der Waals surface area contributed by atoms with E-state index in [0.717, 1.165) is 17.1 Å². The van der Waals surface area contributed by atoms with E-state index in [1.54, 1.807) is 6.92 Å². The Labute approximate surface area is 172 Å². The fraction of sp³-hybridized carbons (Fsp3) is 0.208. The summed E-state index contributed by atoms with van der Waals surface area (Å²) in [4.78, 5) is 12.2. The van der Waals surface area contributed by atoms with E-state index in [9.17, 15) is 4.79 Å². The van der Waals surface area contributed by atoms with Crippen molar-refractivity contribution in [2.45, 2.75) is 32.9 Å². The number of amides is 2. The maximum Gasteiger partial charge on any atom is 0.322 e. The number of hydrogen-bond acceptors (Lipinski definition) is 3. The summed E-state index contributed by atoms with van der Waals surface area (Å²) in [6.45, 7) is 6.09. The Morgan fingerprint density at radius 3 is 1.97 bits per heavy atom. The molecule has 0 saturated heterocycles. The lowest BCUT2D eigenvalue weighted by molar-refractivity contribution is 0.183. The van der Waals surface area contributed by atoms with Gasteiger partial charge in [0.15, 0.2) is 6.23 Å². The second-order valence-corrected chi connectivity index (χ2v) is 7.15. The molecule has 1 atom stereocenters. The molecule has 2 amide bonds. The number of benzene rings is 3. The smallest absolute Gasteiger partial charge is 0.322 e. The zero-order valence-electron chi connectivity index (χ0n) is 17.0. The third-order valence-corrected chi connectivity index (χ3v) is 4.40. The second-order valence-electron chi connectivity index (χ2n) is 7.15. The summed E-state index contributed by atoms with van der Waals surface area (Å²) < 4.78 is 5.76. The van der Waals surface area contributed by atoms with Gasteiger partial charge in [0.1, 0.15) is 5.75 Å². The van der Waals surface area contributed by atoms with Gasteiger partial charge in [0, 0.05) is 17.1 Å². The number of ether oxygens (including phenoxy) is 1. The summed E-state index contributed by atoms with van der Waals surface area (Å²) in [5, 5.41) is 8.90. The molecular formula is C24H27N3O2. The van der Waals surface area contributed by atoms with E-state index in [4.69, 9.17) is 4.74 Å². The number of anilines is 3. The van der Waals surface area contributed by atoms with Crippen LogP contribution in [0.1, 0.15) is 32.3 Å². The highest BCUT2D eigenvalue weighted by atomic mass is 16.5. The van der Waals surface area contributed by atoms with Gasteiger partial charge in [0.05, 0.1) is 0 Å². The number of para-hydroxylation sites is 1. The van der Waals surface area contributed by atoms with Gasteiger partial charge >= 0.3 is 6.03 Å². The molecule has 0 spiro atoms. The van der Waals surface area contributed by atoms with Crippen molar-refractivity contribution in [1.82, 2.24) is 5.32 Å². The van der Waals surface area contributed by atoms with Gasteiger partial charge in [-0.2, -0.15) is 0 Å². The van der Waals surface area contributed by atoms with Crippen LogP contribution in [0.25, 0.3) is 0 Å². The zero-order chi connectivity index (χ0) is 20.6. The number of nitrogens with one attached hydrogen (secondary N) is 3. The Bertz CT molecular complexity index is 907. The maximum absolute atomic E-state index is 12.2. The van der Waals surface area contributed by atoms with Crippen molar-refractivity contribution in [2.75, 3.05) is 10.6 Å². The van der Waals surface area contributed by atoms with E-state index >= 15 is 0 Å². The molecule has 0 aliphatic rings. The van der Waals surface area contributed by atoms with Gasteiger partial charge in [-0.1, -0.05) is 44.2 Å². The molecule has 150 valence electrons. The lowest BCUT2D eigenvalue weighted by Crippen LogP contribution is -2.39. The average Bonchev–Trinajstić information content (AvgIpc) is 2.70. The first kappa shape index (κ1) is 20.3. The Kier molecular flexibility index (Phi) is 6.74. The molecule has 3 aromatic rings. The minimum absolute atomic E-state index is 0.319. The minimum atomic E-state index is -0.459. The summed E-state index contributed by atoms with van der Waals surface area (Å²) in [6.07, 6.45) is -0.459. The second kappa shape index (κ2) is 9.64. The van der Waals surface area contributed by atoms with Crippen LogP contribution in [0.15, 0.2) is 78.9 Å². The number of rotatable bonds is 7. The molecule has 3 aromatic carbocycles. The molecule has 0 heterocycles. The van der Waals surface area contributed by atoms with E-state index in [1.165, 1.54) is 5.56 Å². The largest absolute Gasteiger partial charge is 0.471 e. The Hall–Kier alpha value is -3.47. The highest BCUT2D eigenvalue weighted by molar-refractivity contribution is 5.89. The molecule has 0 aliphatic heterocycles. The monoisotopic (exact) mass is 389 g/mol. The molecule has 3 N–H and O–H groups in total. The van der Waals surface area contributed by atoms with Crippen LogP contribution in [0.2, 0.25) is 0 Å². The molecule has 0 radical (unpaired) electrons. The third kappa shape index (κ3) is 6.28. The van der Waals surface area contributed by atoms with Crippen LogP contribution in [-0.4, -0.2) is 12.3 Å². The minimum Gasteiger partial charge on any atom is -0.471 e. The predicted molar refractivity (Wildman–Crippen MR) is 119 cm³/mol. The highest BCUT2D eigenvalue weighted by Crippen LogP contribution is 2.20. The van der Waals surface area contributed by atoms with Gasteiger partial charge in [0.25, 0.3) is 0 Å². The van der Waals surface area contributed by atoms with E-state index in [0.29, 0.717) is 11.6 Å². The number of urea groups is 1. The molecule has 0 fully saturated rings. The summed E-state index contributed by atoms with van der Waals surface area (Å²) in [5.41, 5.74) is 3.91. The molecule has 1 unspecified atom stereocenters. The summed E-state index contributed by atoms with van der Waals surface area (Å²) >= 11 is 0. The van der Waals surface area contributed by atoms with Crippen molar-refractivity contribution >= 4 is 23.1 Å². The molecule has 0 aliphatic carbocycles. The fourth-order valence-corrected chi connectivity index (χ4v) is 2.84. The average molecular weight is 389 g/mol. The third-order valence-electron chi connectivity index (χ3n) is 4.40. The molecule has 0 bridgehead atoms. The summed E-state index contributed by atoms with van der Waals surface area (Å²) in [5.74, 6) is 1.19. The van der Waals surface area contributed by atoms with Gasteiger partial charge in [-0.25, -0.2) is 4.79 Å². The van der Waals surface area contributed by atoms with E-state index < -0.39 is 6.23 Å². The summed E-state index contributed by atoms with van der Waals surface area (Å²) in [7, 11) is 0. The molecule has 5 nitrogen and oxygen atoms in total. The van der Waals surface area contributed by atoms with Crippen LogP contribution in [0.3, 0.4) is 0 Å². The molecule has 5 heteroatoms. The first-order chi connectivity index (χ1) is 14.0. The normalized spacial score (nSPS) is 11.6. The highest BCUT2D eigenvalue weighted by Gasteiger charge is 2.09. The van der Waals surface area contributed by atoms with Crippen molar-refractivity contribution in [3.05, 3.63) is 84.4 Å². The van der Waals surface area contributed by atoms with Crippen LogP contribution >= 0.6 is 0 Å². The molecular weight excluding hydrogens is 362 g/mol. The van der Waals surface area contributed by atoms with Crippen molar-refractivity contribution in [3.63, 3.8) is 0 Å². The lowest BCUT2D eigenvalue weighted by Gasteiger charge is -2.17. The van der Waals surface area contributed by atoms with E-state index in [2.05, 4.69) is 29.8 Å². The van der Waals surface area contributed by atoms with Crippen molar-refractivity contribution in [3.8, 4) is 5.75 Å². The van der Waals surface area contributed by atoms with Gasteiger partial charge in [-0.05, 0) is 66.9 Å². The van der Waals surface area contributed by atoms with Gasteiger partial charge in [-0.3, -0.25) is 0 Å². The topological polar surface area (TPSA) is 62.4 Å². The predicted octanol–water partition coefficient (Wildman–Crippen LogP) is 6.10. The van der Waals surface area contributed by atoms with Crippen LogP contribution in [-0.2, 0) is 0 Å². The van der Waals surface area contributed by atoms with Crippen LogP contribution < -0.4 is 20.7 Å². The van der Waals surface area contributed by atoms with Crippen molar-refractivity contribution < 1.29 is 9.53 Å². The number of carbonyl (C=O) groups is 1. The number of hydrogen-bond donors (Lipinski definition) is 3. The Balaban J connectivity index is 1.48. The Morgan fingerprint density at radius 1 is 0.759 bits per heavy atom. The Morgan fingerprint density at radius 2 is 1.34 bits per heavy atom. The maximum atomic E-state index is 12.2. The SMILES string of the molecule is CC(NC(=O)Nc1ccc(Nc2ccccc2)cc1)Oc1ccc(C(C)C)cc1. The quantitative estimate of drug-likeness (QED) is 0.428. The van der Waals surface area contributed by atoms with Crippen molar-refractivity contribution in [1.29, 1.82) is 0 Å². The van der Waals surface area contributed by atoms with Gasteiger partial charge in [-0.15, -0.1) is 0 Å². The zero-order valence-corrected chi connectivity index (χ0v) is 17.0.